The number of rotatable bonds is 9. The monoisotopic (exact) mass is 423 g/mol. The highest BCUT2D eigenvalue weighted by Crippen LogP contribution is 2.33. The molecule has 3 rings (SSSR count). The third-order valence-electron chi connectivity index (χ3n) is 4.46. The van der Waals surface area contributed by atoms with Crippen molar-refractivity contribution in [2.45, 2.75) is 13.0 Å². The molecule has 0 atom stereocenters. The second-order valence-corrected chi connectivity index (χ2v) is 6.89. The van der Waals surface area contributed by atoms with Gasteiger partial charge in [-0.2, -0.15) is 5.26 Å². The molecule has 0 saturated heterocycles. The van der Waals surface area contributed by atoms with Crippen molar-refractivity contribution in [1.82, 2.24) is 4.57 Å². The van der Waals surface area contributed by atoms with Gasteiger partial charge in [0, 0.05) is 42.4 Å². The zero-order valence-corrected chi connectivity index (χ0v) is 17.4. The van der Waals surface area contributed by atoms with E-state index >= 15 is 0 Å². The summed E-state index contributed by atoms with van der Waals surface area (Å²) in [6, 6.07) is 15.2. The standard InChI is InChI=1S/C23H22ClN3O3/c1-29-14-15-30-23-19(24)7-4-8-20(23)26-22(28)11-10-17-16-27(13-5-12-25)21-9-3-2-6-18(17)21/h2-4,6-11,16H,5,13-15H2,1H3,(H,26,28)/b11-10+. The Balaban J connectivity index is 1.78. The van der Waals surface area contributed by atoms with E-state index in [2.05, 4.69) is 11.4 Å². The maximum Gasteiger partial charge on any atom is 0.248 e. The first kappa shape index (κ1) is 21.4. The minimum absolute atomic E-state index is 0.303. The molecule has 0 aliphatic heterocycles. The highest BCUT2D eigenvalue weighted by atomic mass is 35.5. The maximum absolute atomic E-state index is 12.5. The van der Waals surface area contributed by atoms with Crippen LogP contribution in [0.25, 0.3) is 17.0 Å². The van der Waals surface area contributed by atoms with Gasteiger partial charge in [0.25, 0.3) is 0 Å². The van der Waals surface area contributed by atoms with Gasteiger partial charge < -0.3 is 19.4 Å². The molecule has 3 aromatic rings. The lowest BCUT2D eigenvalue weighted by Crippen LogP contribution is -2.11. The summed E-state index contributed by atoms with van der Waals surface area (Å²) in [5.41, 5.74) is 2.42. The summed E-state index contributed by atoms with van der Waals surface area (Å²) >= 11 is 6.21. The van der Waals surface area contributed by atoms with E-state index in [1.165, 1.54) is 6.08 Å². The van der Waals surface area contributed by atoms with Gasteiger partial charge in [-0.1, -0.05) is 35.9 Å². The van der Waals surface area contributed by atoms with Gasteiger partial charge in [-0.25, -0.2) is 0 Å². The fourth-order valence-corrected chi connectivity index (χ4v) is 3.31. The van der Waals surface area contributed by atoms with E-state index in [1.807, 2.05) is 35.0 Å². The molecular formula is C23H22ClN3O3. The van der Waals surface area contributed by atoms with E-state index in [0.29, 0.717) is 42.6 Å². The molecule has 7 heteroatoms. The Kier molecular flexibility index (Phi) is 7.50. The Bertz CT molecular complexity index is 1100. The summed E-state index contributed by atoms with van der Waals surface area (Å²) in [5.74, 6) is 0.105. The molecule has 6 nitrogen and oxygen atoms in total. The number of amides is 1. The lowest BCUT2D eigenvalue weighted by molar-refractivity contribution is -0.111. The van der Waals surface area contributed by atoms with Crippen LogP contribution in [0.2, 0.25) is 5.02 Å². The lowest BCUT2D eigenvalue weighted by atomic mass is 10.1. The van der Waals surface area contributed by atoms with Crippen molar-refractivity contribution < 1.29 is 14.3 Å². The third-order valence-corrected chi connectivity index (χ3v) is 4.75. The first-order valence-electron chi connectivity index (χ1n) is 9.48. The van der Waals surface area contributed by atoms with Gasteiger partial charge >= 0.3 is 0 Å². The van der Waals surface area contributed by atoms with Gasteiger partial charge in [-0.05, 0) is 24.3 Å². The minimum Gasteiger partial charge on any atom is -0.487 e. The van der Waals surface area contributed by atoms with Gasteiger partial charge in [0.15, 0.2) is 5.75 Å². The number of nitrogens with zero attached hydrogens (tertiary/aromatic N) is 2. The first-order valence-corrected chi connectivity index (χ1v) is 9.86. The average molecular weight is 424 g/mol. The van der Waals surface area contributed by atoms with Crippen molar-refractivity contribution in [3.8, 4) is 11.8 Å². The number of anilines is 1. The van der Waals surface area contributed by atoms with Crippen LogP contribution in [0.4, 0.5) is 5.69 Å². The minimum atomic E-state index is -0.303. The van der Waals surface area contributed by atoms with Crippen LogP contribution in [0.3, 0.4) is 0 Å². The van der Waals surface area contributed by atoms with Crippen LogP contribution in [0.1, 0.15) is 12.0 Å². The van der Waals surface area contributed by atoms with Crippen LogP contribution in [0.15, 0.2) is 54.7 Å². The summed E-state index contributed by atoms with van der Waals surface area (Å²) in [6.07, 6.45) is 5.60. The molecular weight excluding hydrogens is 402 g/mol. The van der Waals surface area contributed by atoms with Crippen molar-refractivity contribution in [3.05, 3.63) is 65.3 Å². The molecule has 0 spiro atoms. The molecule has 0 aliphatic carbocycles. The highest BCUT2D eigenvalue weighted by molar-refractivity contribution is 6.32. The van der Waals surface area contributed by atoms with Crippen LogP contribution < -0.4 is 10.1 Å². The Morgan fingerprint density at radius 1 is 1.23 bits per heavy atom. The number of ether oxygens (including phenoxy) is 2. The normalized spacial score (nSPS) is 11.0. The highest BCUT2D eigenvalue weighted by Gasteiger charge is 2.11. The third kappa shape index (κ3) is 5.20. The van der Waals surface area contributed by atoms with Crippen molar-refractivity contribution >= 4 is 40.2 Å². The number of aryl methyl sites for hydroxylation is 1. The lowest BCUT2D eigenvalue weighted by Gasteiger charge is -2.13. The number of nitrogens with one attached hydrogen (secondary N) is 1. The van der Waals surface area contributed by atoms with E-state index in [-0.39, 0.29) is 5.91 Å². The van der Waals surface area contributed by atoms with Gasteiger partial charge in [-0.3, -0.25) is 4.79 Å². The first-order chi connectivity index (χ1) is 14.6. The van der Waals surface area contributed by atoms with E-state index < -0.39 is 0 Å². The molecule has 0 bridgehead atoms. The number of fused-ring (bicyclic) bond motifs is 1. The van der Waals surface area contributed by atoms with Crippen LogP contribution in [-0.4, -0.2) is 30.8 Å². The predicted molar refractivity (Wildman–Crippen MR) is 119 cm³/mol. The van der Waals surface area contributed by atoms with E-state index in [9.17, 15) is 4.79 Å². The number of carbonyl (C=O) groups is 1. The number of para-hydroxylation sites is 2. The van der Waals surface area contributed by atoms with Crippen LogP contribution in [0, 0.1) is 11.3 Å². The second-order valence-electron chi connectivity index (χ2n) is 6.48. The molecule has 30 heavy (non-hydrogen) atoms. The number of hydrogen-bond acceptors (Lipinski definition) is 4. The molecule has 1 heterocycles. The molecule has 1 N–H and O–H groups in total. The zero-order chi connectivity index (χ0) is 21.3. The topological polar surface area (TPSA) is 76.3 Å². The van der Waals surface area contributed by atoms with E-state index in [1.54, 1.807) is 31.4 Å². The number of nitriles is 1. The molecule has 1 aromatic heterocycles. The molecule has 0 fully saturated rings. The number of carbonyl (C=O) groups excluding carboxylic acids is 1. The van der Waals surface area contributed by atoms with Crippen molar-refractivity contribution in [2.75, 3.05) is 25.6 Å². The van der Waals surface area contributed by atoms with Gasteiger partial charge in [-0.15, -0.1) is 0 Å². The summed E-state index contributed by atoms with van der Waals surface area (Å²) in [5, 5.41) is 13.1. The number of hydrogen-bond donors (Lipinski definition) is 1. The number of aromatic nitrogens is 1. The molecule has 0 aliphatic rings. The second kappa shape index (κ2) is 10.5. The maximum atomic E-state index is 12.5. The largest absolute Gasteiger partial charge is 0.487 e. The Labute approximate surface area is 180 Å². The number of methoxy groups -OCH3 is 1. The number of benzene rings is 2. The SMILES string of the molecule is COCCOc1c(Cl)cccc1NC(=O)/C=C/c1cn(CCC#N)c2ccccc12. The average Bonchev–Trinajstić information content (AvgIpc) is 3.10. The van der Waals surface area contributed by atoms with E-state index in [4.69, 9.17) is 26.3 Å². The summed E-state index contributed by atoms with van der Waals surface area (Å²) in [4.78, 5) is 12.5. The summed E-state index contributed by atoms with van der Waals surface area (Å²) < 4.78 is 12.7. The summed E-state index contributed by atoms with van der Waals surface area (Å²) in [6.45, 7) is 1.33. The molecule has 154 valence electrons. The van der Waals surface area contributed by atoms with Gasteiger partial charge in [0.2, 0.25) is 5.91 Å². The smallest absolute Gasteiger partial charge is 0.248 e. The molecule has 1 amide bonds. The van der Waals surface area contributed by atoms with Crippen LogP contribution in [-0.2, 0) is 16.1 Å². The predicted octanol–water partition coefficient (Wildman–Crippen LogP) is 4.89. The van der Waals surface area contributed by atoms with Crippen LogP contribution in [0.5, 0.6) is 5.75 Å². The molecule has 2 aromatic carbocycles. The van der Waals surface area contributed by atoms with Gasteiger partial charge in [0.1, 0.15) is 6.61 Å². The molecule has 0 radical (unpaired) electrons. The quantitative estimate of drug-likeness (QED) is 0.393. The van der Waals surface area contributed by atoms with Gasteiger partial charge in [0.05, 0.1) is 29.8 Å². The van der Waals surface area contributed by atoms with Crippen molar-refractivity contribution in [3.63, 3.8) is 0 Å². The van der Waals surface area contributed by atoms with Crippen molar-refractivity contribution in [1.29, 1.82) is 5.26 Å². The zero-order valence-electron chi connectivity index (χ0n) is 16.6. The van der Waals surface area contributed by atoms with Crippen LogP contribution >= 0.6 is 11.6 Å². The Morgan fingerprint density at radius 2 is 2.07 bits per heavy atom. The Morgan fingerprint density at radius 3 is 2.87 bits per heavy atom. The molecule has 0 saturated carbocycles. The number of halogens is 1. The van der Waals surface area contributed by atoms with Crippen molar-refractivity contribution in [2.24, 2.45) is 0 Å². The summed E-state index contributed by atoms with van der Waals surface area (Å²) in [7, 11) is 1.58. The molecule has 0 unspecified atom stereocenters. The van der Waals surface area contributed by atoms with E-state index in [0.717, 1.165) is 16.5 Å². The fraction of sp³-hybridized carbons (Fsp3) is 0.217. The fourth-order valence-electron chi connectivity index (χ4n) is 3.08. The Hall–Kier alpha value is -3.27.